The Morgan fingerprint density at radius 1 is 1.41 bits per heavy atom. The molecule has 1 aliphatic heterocycles. The Balaban J connectivity index is 2.23. The van der Waals surface area contributed by atoms with E-state index in [1.807, 2.05) is 0 Å². The first-order valence-electron chi connectivity index (χ1n) is 7.67. The molecule has 0 bridgehead atoms. The monoisotopic (exact) mass is 406 g/mol. The number of imidazole rings is 1. The van der Waals surface area contributed by atoms with Gasteiger partial charge >= 0.3 is 7.82 Å². The van der Waals surface area contributed by atoms with E-state index < -0.39 is 44.5 Å². The normalized spacial score (nSPS) is 26.0. The van der Waals surface area contributed by atoms with Crippen molar-refractivity contribution in [1.29, 1.82) is 0 Å². The summed E-state index contributed by atoms with van der Waals surface area (Å²) in [4.78, 5) is 42.5. The van der Waals surface area contributed by atoms with E-state index in [2.05, 4.69) is 15.0 Å². The molecule has 3 rings (SSSR count). The van der Waals surface area contributed by atoms with Crippen molar-refractivity contribution < 1.29 is 33.8 Å². The van der Waals surface area contributed by atoms with Crippen molar-refractivity contribution in [3.63, 3.8) is 0 Å². The number of aromatic nitrogens is 4. The van der Waals surface area contributed by atoms with Crippen LogP contribution in [-0.4, -0.2) is 78.5 Å². The third-order valence-electron chi connectivity index (χ3n) is 3.96. The minimum Gasteiger partial charge on any atom is -0.394 e. The second kappa shape index (κ2) is 6.83. The molecule has 0 amide bonds. The van der Waals surface area contributed by atoms with Crippen molar-refractivity contribution in [2.24, 2.45) is 0 Å². The van der Waals surface area contributed by atoms with Gasteiger partial charge in [0.15, 0.2) is 17.4 Å². The summed E-state index contributed by atoms with van der Waals surface area (Å²) in [7, 11) is -1.83. The molecule has 2 aromatic heterocycles. The van der Waals surface area contributed by atoms with E-state index in [0.717, 1.165) is 0 Å². The Morgan fingerprint density at radius 3 is 2.63 bits per heavy atom. The molecule has 1 fully saturated rings. The Bertz CT molecular complexity index is 953. The van der Waals surface area contributed by atoms with Gasteiger partial charge in [-0.2, -0.15) is 4.98 Å². The Morgan fingerprint density at radius 2 is 2.07 bits per heavy atom. The summed E-state index contributed by atoms with van der Waals surface area (Å²) in [6.45, 7) is -0.640. The van der Waals surface area contributed by atoms with Crippen molar-refractivity contribution in [3.05, 3.63) is 10.4 Å². The van der Waals surface area contributed by atoms with Gasteiger partial charge in [-0.15, -0.1) is 0 Å². The van der Waals surface area contributed by atoms with Gasteiger partial charge in [0.2, 0.25) is 11.9 Å². The van der Waals surface area contributed by atoms with Gasteiger partial charge in [0.1, 0.15) is 18.3 Å². The number of phosphoric acid groups is 1. The summed E-state index contributed by atoms with van der Waals surface area (Å²) in [6, 6.07) is 0. The van der Waals surface area contributed by atoms with E-state index in [1.165, 1.54) is 9.47 Å². The van der Waals surface area contributed by atoms with E-state index in [1.54, 1.807) is 14.1 Å². The molecule has 4 atom stereocenters. The molecule has 0 aromatic carbocycles. The molecule has 0 radical (unpaired) electrons. The Kier molecular flexibility index (Phi) is 4.98. The van der Waals surface area contributed by atoms with Crippen LogP contribution < -0.4 is 16.2 Å². The predicted octanol–water partition coefficient (Wildman–Crippen LogP) is -2.50. The first-order valence-corrected chi connectivity index (χ1v) is 9.20. The number of aliphatic hydroxyl groups excluding tert-OH is 2. The van der Waals surface area contributed by atoms with Crippen LogP contribution >= 0.6 is 7.82 Å². The lowest BCUT2D eigenvalue weighted by Crippen LogP contribution is -2.35. The number of phosphoric ester groups is 1. The minimum absolute atomic E-state index is 0.0462. The molecule has 14 nitrogen and oxygen atoms in total. The average molecular weight is 406 g/mol. The summed E-state index contributed by atoms with van der Waals surface area (Å²) in [5.41, 5.74) is 4.80. The van der Waals surface area contributed by atoms with Crippen LogP contribution in [0, 0.1) is 0 Å². The summed E-state index contributed by atoms with van der Waals surface area (Å²) in [5, 5.41) is 19.7. The van der Waals surface area contributed by atoms with E-state index in [9.17, 15) is 29.4 Å². The first-order chi connectivity index (χ1) is 12.5. The number of rotatable bonds is 5. The minimum atomic E-state index is -5.03. The highest BCUT2D eigenvalue weighted by Crippen LogP contribution is 2.45. The number of hydrogen-bond acceptors (Lipinski definition) is 10. The molecular formula is C12H19N6O8P. The van der Waals surface area contributed by atoms with Gasteiger partial charge in [0, 0.05) is 14.1 Å². The van der Waals surface area contributed by atoms with Crippen LogP contribution in [0.5, 0.6) is 0 Å². The largest absolute Gasteiger partial charge is 0.470 e. The molecule has 0 aliphatic carbocycles. The molecule has 27 heavy (non-hydrogen) atoms. The maximum Gasteiger partial charge on any atom is 0.470 e. The van der Waals surface area contributed by atoms with Gasteiger partial charge in [-0.25, -0.2) is 9.55 Å². The molecular weight excluding hydrogens is 387 g/mol. The number of nitrogen functional groups attached to an aromatic ring is 1. The van der Waals surface area contributed by atoms with Crippen LogP contribution in [0.1, 0.15) is 6.23 Å². The number of aromatic amines is 1. The fraction of sp³-hybridized carbons (Fsp3) is 0.583. The van der Waals surface area contributed by atoms with Crippen LogP contribution in [0.4, 0.5) is 11.9 Å². The van der Waals surface area contributed by atoms with Crippen molar-refractivity contribution in [1.82, 2.24) is 19.5 Å². The molecule has 7 N–H and O–H groups in total. The highest BCUT2D eigenvalue weighted by Gasteiger charge is 2.49. The van der Waals surface area contributed by atoms with Gasteiger partial charge in [-0.05, 0) is 0 Å². The van der Waals surface area contributed by atoms with E-state index in [0.29, 0.717) is 0 Å². The number of ether oxygens (including phenoxy) is 1. The molecule has 3 heterocycles. The maximum absolute atomic E-state index is 12.1. The number of anilines is 2. The van der Waals surface area contributed by atoms with Gasteiger partial charge < -0.3 is 35.4 Å². The van der Waals surface area contributed by atoms with Crippen molar-refractivity contribution in [2.75, 3.05) is 31.3 Å². The van der Waals surface area contributed by atoms with Crippen LogP contribution in [0.25, 0.3) is 11.2 Å². The van der Waals surface area contributed by atoms with E-state index in [4.69, 9.17) is 15.0 Å². The van der Waals surface area contributed by atoms with Gasteiger partial charge in [-0.3, -0.25) is 18.9 Å². The highest BCUT2D eigenvalue weighted by molar-refractivity contribution is 7.46. The van der Waals surface area contributed by atoms with Crippen LogP contribution in [0.2, 0.25) is 0 Å². The zero-order valence-electron chi connectivity index (χ0n) is 14.3. The lowest BCUT2D eigenvalue weighted by Gasteiger charge is -2.25. The Labute approximate surface area is 151 Å². The summed E-state index contributed by atoms with van der Waals surface area (Å²) >= 11 is 0. The number of H-pyrrole nitrogens is 1. The summed E-state index contributed by atoms with van der Waals surface area (Å²) < 4.78 is 22.8. The fourth-order valence-corrected chi connectivity index (χ4v) is 3.43. The quantitative estimate of drug-likeness (QED) is 0.285. The molecule has 150 valence electrons. The lowest BCUT2D eigenvalue weighted by molar-refractivity contribution is -0.0498. The third kappa shape index (κ3) is 3.55. The van der Waals surface area contributed by atoms with E-state index in [-0.39, 0.29) is 23.1 Å². The molecule has 1 aliphatic rings. The van der Waals surface area contributed by atoms with Gasteiger partial charge in [-0.1, -0.05) is 0 Å². The second-order valence-corrected chi connectivity index (χ2v) is 7.29. The number of nitrogens with zero attached hydrogens (tertiary/aromatic N) is 4. The van der Waals surface area contributed by atoms with Gasteiger partial charge in [0.05, 0.1) is 6.61 Å². The average Bonchev–Trinajstić information content (AvgIpc) is 3.05. The zero-order valence-corrected chi connectivity index (χ0v) is 15.1. The van der Waals surface area contributed by atoms with Crippen LogP contribution in [-0.2, 0) is 13.8 Å². The summed E-state index contributed by atoms with van der Waals surface area (Å²) in [5.74, 6) is -0.0904. The molecule has 1 saturated heterocycles. The van der Waals surface area contributed by atoms with Gasteiger partial charge in [0.25, 0.3) is 5.56 Å². The number of fused-ring (bicyclic) bond motifs is 1. The molecule has 0 unspecified atom stereocenters. The molecule has 2 aromatic rings. The number of nitrogens with two attached hydrogens (primary N) is 1. The summed E-state index contributed by atoms with van der Waals surface area (Å²) in [6.07, 6.45) is -5.71. The molecule has 15 heteroatoms. The standard InChI is InChI=1S/C12H19N6O8P/c1-17(2)12-14-5-8(15-11(13)16-9(5)21)18(12)10-7(26-27(22,23)24)6(20)4(3-19)25-10/h4,6-7,10,19-20H,3H2,1-2H3,(H2,22,23,24)(H3,13,15,16,21)/t4-,6-,7-,10-/m1/s1. The first kappa shape index (κ1) is 19.7. The lowest BCUT2D eigenvalue weighted by atomic mass is 10.1. The number of aliphatic hydroxyl groups is 2. The van der Waals surface area contributed by atoms with Crippen molar-refractivity contribution in [2.45, 2.75) is 24.5 Å². The van der Waals surface area contributed by atoms with Crippen molar-refractivity contribution in [3.8, 4) is 0 Å². The molecule has 0 spiro atoms. The predicted molar refractivity (Wildman–Crippen MR) is 90.8 cm³/mol. The Hall–Kier alpha value is -2.06. The number of hydrogen-bond donors (Lipinski definition) is 6. The smallest absolute Gasteiger partial charge is 0.394 e. The topological polar surface area (TPSA) is 209 Å². The molecule has 0 saturated carbocycles. The highest BCUT2D eigenvalue weighted by atomic mass is 31.2. The van der Waals surface area contributed by atoms with Crippen LogP contribution in [0.15, 0.2) is 4.79 Å². The third-order valence-corrected chi connectivity index (χ3v) is 4.47. The fourth-order valence-electron chi connectivity index (χ4n) is 2.89. The van der Waals surface area contributed by atoms with Crippen LogP contribution in [0.3, 0.4) is 0 Å². The number of nitrogens with one attached hydrogen (secondary N) is 1. The van der Waals surface area contributed by atoms with Crippen molar-refractivity contribution >= 4 is 30.9 Å². The zero-order chi connectivity index (χ0) is 20.1. The SMILES string of the molecule is CN(C)c1nc2c(=O)[nH]c(N)nc2n1[C@@H]1O[C@H](CO)[C@@H](O)[C@H]1OP(=O)(O)O. The maximum atomic E-state index is 12.1. The second-order valence-electron chi connectivity index (χ2n) is 6.10. The van der Waals surface area contributed by atoms with E-state index >= 15 is 0 Å².